The van der Waals surface area contributed by atoms with Crippen LogP contribution in [0.5, 0.6) is 0 Å². The predicted octanol–water partition coefficient (Wildman–Crippen LogP) is 5.49. The SMILES string of the molecule is Nn1c2ccc1=C(c1ccccc1)c1ccc([nH]1)C(c1ccccc1)=c1ccc([nH]1)=C(c1ccccc1)c1ccc([nH]1)C=2c1ccccc1. The Kier molecular flexibility index (Phi) is 6.87. The van der Waals surface area contributed by atoms with E-state index in [9.17, 15) is 0 Å². The third-order valence-corrected chi connectivity index (χ3v) is 9.35. The molecule has 4 aromatic carbocycles. The molecular weight excluding hydrogens is 599 g/mol. The van der Waals surface area contributed by atoms with Gasteiger partial charge in [0.1, 0.15) is 0 Å². The zero-order chi connectivity index (χ0) is 32.7. The Morgan fingerprint density at radius 1 is 0.306 bits per heavy atom. The first-order chi connectivity index (χ1) is 24.2. The largest absolute Gasteiger partial charge is 0.354 e. The first kappa shape index (κ1) is 28.5. The Morgan fingerprint density at radius 3 is 0.959 bits per heavy atom. The summed E-state index contributed by atoms with van der Waals surface area (Å²) in [4.78, 5) is 11.5. The summed E-state index contributed by atoms with van der Waals surface area (Å²) >= 11 is 0. The molecule has 0 aliphatic carbocycles. The Bertz CT molecular complexity index is 2500. The normalized spacial score (nSPS) is 12.8. The van der Waals surface area contributed by atoms with E-state index in [2.05, 4.69) is 173 Å². The van der Waals surface area contributed by atoms with Gasteiger partial charge >= 0.3 is 0 Å². The van der Waals surface area contributed by atoms with E-state index in [-0.39, 0.29) is 0 Å². The van der Waals surface area contributed by atoms with Crippen molar-refractivity contribution in [3.63, 3.8) is 0 Å². The summed E-state index contributed by atoms with van der Waals surface area (Å²) < 4.78 is 1.83. The van der Waals surface area contributed by atoms with Gasteiger partial charge in [0.05, 0.1) is 10.7 Å². The van der Waals surface area contributed by atoms with Crippen molar-refractivity contribution in [1.29, 1.82) is 0 Å². The van der Waals surface area contributed by atoms with Crippen LogP contribution >= 0.6 is 0 Å². The summed E-state index contributed by atoms with van der Waals surface area (Å²) in [6.07, 6.45) is 0. The summed E-state index contributed by atoms with van der Waals surface area (Å²) in [5.74, 6) is 7.17. The Morgan fingerprint density at radius 2 is 0.612 bits per heavy atom. The number of nitrogen functional groups attached to an aromatic ring is 1. The van der Waals surface area contributed by atoms with Crippen molar-refractivity contribution in [3.05, 3.63) is 236 Å². The fourth-order valence-electron chi connectivity index (χ4n) is 7.13. The highest BCUT2D eigenvalue weighted by Crippen LogP contribution is 2.27. The molecule has 5 heteroatoms. The van der Waals surface area contributed by atoms with Crippen molar-refractivity contribution in [2.75, 3.05) is 5.84 Å². The maximum Gasteiger partial charge on any atom is 0.0724 e. The Hall–Kier alpha value is -6.72. The monoisotopic (exact) mass is 631 g/mol. The molecule has 9 rings (SSSR count). The lowest BCUT2D eigenvalue weighted by Crippen LogP contribution is -2.37. The van der Waals surface area contributed by atoms with Gasteiger partial charge in [0.2, 0.25) is 0 Å². The first-order valence-electron chi connectivity index (χ1n) is 16.5. The van der Waals surface area contributed by atoms with Crippen molar-refractivity contribution >= 4 is 22.3 Å². The van der Waals surface area contributed by atoms with Crippen LogP contribution < -0.4 is 27.2 Å². The molecule has 1 aliphatic heterocycles. The standard InChI is InChI=1S/C44H33N5/c45-49-39-27-28-40(49)44(32-19-11-4-12-20-32)38-26-24-36(48-38)42(30-15-7-2-8-16-30)34-22-21-33(46-34)41(29-13-5-1-6-14-29)35-23-25-37(47-35)43(39)31-17-9-3-10-18-31/h1-28,46-48H,45H2. The van der Waals surface area contributed by atoms with Gasteiger partial charge in [-0.25, -0.2) is 0 Å². The van der Waals surface area contributed by atoms with Gasteiger partial charge < -0.3 is 20.8 Å². The molecule has 8 aromatic rings. The Labute approximate surface area is 283 Å². The average molecular weight is 632 g/mol. The molecule has 1 aliphatic rings. The molecule has 5 nitrogen and oxygen atoms in total. The van der Waals surface area contributed by atoms with Crippen molar-refractivity contribution in [2.45, 2.75) is 0 Å². The van der Waals surface area contributed by atoms with E-state index in [4.69, 9.17) is 5.84 Å². The molecule has 0 radical (unpaired) electrons. The van der Waals surface area contributed by atoms with Crippen LogP contribution in [0, 0.1) is 0 Å². The van der Waals surface area contributed by atoms with Gasteiger partial charge in [-0.3, -0.25) is 4.68 Å². The summed E-state index contributed by atoms with van der Waals surface area (Å²) in [7, 11) is 0. The summed E-state index contributed by atoms with van der Waals surface area (Å²) in [5, 5.41) is 3.84. The van der Waals surface area contributed by atoms with E-state index in [0.29, 0.717) is 0 Å². The maximum atomic E-state index is 7.17. The van der Waals surface area contributed by atoms with Gasteiger partial charge in [0.15, 0.2) is 0 Å². The average Bonchev–Trinajstić information content (AvgIpc) is 3.98. The van der Waals surface area contributed by atoms with Crippen molar-refractivity contribution in [3.8, 4) is 0 Å². The molecule has 5 N–H and O–H groups in total. The molecule has 4 aromatic heterocycles. The number of aromatic nitrogens is 4. The number of nitrogens with one attached hydrogen (secondary N) is 3. The fourth-order valence-corrected chi connectivity index (χ4v) is 7.13. The van der Waals surface area contributed by atoms with Crippen LogP contribution in [0.2, 0.25) is 0 Å². The predicted molar refractivity (Wildman–Crippen MR) is 198 cm³/mol. The highest BCUT2D eigenvalue weighted by molar-refractivity contribution is 5.84. The fraction of sp³-hybridized carbons (Fsp3) is 0. The Balaban J connectivity index is 1.47. The van der Waals surface area contributed by atoms with Gasteiger partial charge in [-0.2, -0.15) is 0 Å². The van der Waals surface area contributed by atoms with E-state index in [1.165, 1.54) is 0 Å². The first-order valence-corrected chi connectivity index (χ1v) is 16.5. The zero-order valence-corrected chi connectivity index (χ0v) is 26.7. The van der Waals surface area contributed by atoms with Crippen LogP contribution in [0.15, 0.2) is 170 Å². The number of benzene rings is 4. The highest BCUT2D eigenvalue weighted by atomic mass is 15.3. The zero-order valence-electron chi connectivity index (χ0n) is 26.7. The van der Waals surface area contributed by atoms with Gasteiger partial charge in [-0.05, 0) is 70.8 Å². The molecular formula is C44H33N5. The summed E-state index contributed by atoms with van der Waals surface area (Å²) in [6, 6.07) is 59.3. The third-order valence-electron chi connectivity index (χ3n) is 9.35. The molecule has 0 fully saturated rings. The van der Waals surface area contributed by atoms with Crippen LogP contribution in [0.4, 0.5) is 0 Å². The van der Waals surface area contributed by atoms with E-state index in [1.54, 1.807) is 0 Å². The molecule has 0 saturated carbocycles. The molecule has 0 amide bonds. The van der Waals surface area contributed by atoms with Gasteiger partial charge in [0, 0.05) is 55.8 Å². The van der Waals surface area contributed by atoms with Crippen LogP contribution in [0.3, 0.4) is 0 Å². The number of nitrogens with two attached hydrogens (primary N) is 1. The second-order valence-electron chi connectivity index (χ2n) is 12.3. The van der Waals surface area contributed by atoms with E-state index >= 15 is 0 Å². The number of nitrogens with zero attached hydrogens (tertiary/aromatic N) is 1. The van der Waals surface area contributed by atoms with Crippen molar-refractivity contribution < 1.29 is 0 Å². The number of H-pyrrole nitrogens is 3. The smallest absolute Gasteiger partial charge is 0.0724 e. The quantitative estimate of drug-likeness (QED) is 0.191. The van der Waals surface area contributed by atoms with Crippen LogP contribution in [0.1, 0.15) is 45.0 Å². The van der Waals surface area contributed by atoms with Crippen molar-refractivity contribution in [1.82, 2.24) is 19.6 Å². The number of hydrogen-bond acceptors (Lipinski definition) is 1. The molecule has 49 heavy (non-hydrogen) atoms. The molecule has 0 spiro atoms. The lowest BCUT2D eigenvalue weighted by Gasteiger charge is -2.11. The minimum atomic E-state index is 0.905. The number of fused-ring (bicyclic) bond motifs is 8. The number of aromatic amines is 3. The minimum absolute atomic E-state index is 0.905. The topological polar surface area (TPSA) is 78.3 Å². The summed E-state index contributed by atoms with van der Waals surface area (Å²) in [6.45, 7) is 0. The van der Waals surface area contributed by atoms with Crippen LogP contribution in [0.25, 0.3) is 22.3 Å². The third kappa shape index (κ3) is 4.96. The summed E-state index contributed by atoms with van der Waals surface area (Å²) in [5.41, 5.74) is 12.5. The number of hydrogen-bond donors (Lipinski definition) is 4. The molecule has 5 heterocycles. The van der Waals surface area contributed by atoms with E-state index in [0.717, 1.165) is 88.7 Å². The van der Waals surface area contributed by atoms with E-state index in [1.807, 2.05) is 16.8 Å². The second kappa shape index (κ2) is 11.8. The molecule has 0 atom stereocenters. The molecule has 234 valence electrons. The lowest BCUT2D eigenvalue weighted by molar-refractivity contribution is 0.928. The van der Waals surface area contributed by atoms with Gasteiger partial charge in [-0.1, -0.05) is 121 Å². The second-order valence-corrected chi connectivity index (χ2v) is 12.3. The highest BCUT2D eigenvalue weighted by Gasteiger charge is 2.19. The minimum Gasteiger partial charge on any atom is -0.354 e. The maximum absolute atomic E-state index is 7.17. The van der Waals surface area contributed by atoms with Gasteiger partial charge in [-0.15, -0.1) is 0 Å². The number of rotatable bonds is 4. The van der Waals surface area contributed by atoms with Crippen LogP contribution in [-0.2, 0) is 0 Å². The van der Waals surface area contributed by atoms with Crippen molar-refractivity contribution in [2.24, 2.45) is 0 Å². The molecule has 0 unspecified atom stereocenters. The van der Waals surface area contributed by atoms with Crippen LogP contribution in [-0.4, -0.2) is 19.6 Å². The molecule has 0 saturated heterocycles. The lowest BCUT2D eigenvalue weighted by atomic mass is 10.0. The molecule has 8 bridgehead atoms. The van der Waals surface area contributed by atoms with E-state index < -0.39 is 0 Å². The van der Waals surface area contributed by atoms with Gasteiger partial charge in [0.25, 0.3) is 0 Å².